The molecule has 3 aromatic rings. The number of hydrogen-bond donors (Lipinski definition) is 1. The summed E-state index contributed by atoms with van der Waals surface area (Å²) in [7, 11) is 0. The lowest BCUT2D eigenvalue weighted by Gasteiger charge is -2.08. The van der Waals surface area contributed by atoms with Crippen LogP contribution in [0.2, 0.25) is 0 Å². The van der Waals surface area contributed by atoms with Crippen molar-refractivity contribution in [2.45, 2.75) is 6.61 Å². The van der Waals surface area contributed by atoms with Crippen molar-refractivity contribution in [2.24, 2.45) is 0 Å². The molecule has 1 heterocycles. The number of carbonyl (C=O) groups is 1. The van der Waals surface area contributed by atoms with Crippen LogP contribution in [-0.2, 0) is 6.61 Å². The Kier molecular flexibility index (Phi) is 4.93. The number of anilines is 1. The molecule has 2 aromatic carbocycles. The second-order valence-electron chi connectivity index (χ2n) is 5.25. The highest BCUT2D eigenvalue weighted by Crippen LogP contribution is 2.23. The summed E-state index contributed by atoms with van der Waals surface area (Å²) in [5.41, 5.74) is -0.193. The molecule has 0 saturated heterocycles. The van der Waals surface area contributed by atoms with Gasteiger partial charge in [0.2, 0.25) is 0 Å². The molecular formula is C18H13FN2O5. The van der Waals surface area contributed by atoms with E-state index in [1.54, 1.807) is 18.2 Å². The number of rotatable bonds is 6. The maximum absolute atomic E-state index is 13.8. The van der Waals surface area contributed by atoms with Gasteiger partial charge in [0.25, 0.3) is 11.6 Å². The molecule has 0 aliphatic rings. The molecule has 1 amide bonds. The molecule has 1 aromatic heterocycles. The Morgan fingerprint density at radius 1 is 1.19 bits per heavy atom. The van der Waals surface area contributed by atoms with E-state index in [-0.39, 0.29) is 23.7 Å². The summed E-state index contributed by atoms with van der Waals surface area (Å²) < 4.78 is 24.5. The molecule has 26 heavy (non-hydrogen) atoms. The number of hydrogen-bond acceptors (Lipinski definition) is 5. The second-order valence-corrected chi connectivity index (χ2v) is 5.25. The van der Waals surface area contributed by atoms with Crippen LogP contribution in [0.1, 0.15) is 16.1 Å². The van der Waals surface area contributed by atoms with Gasteiger partial charge in [-0.1, -0.05) is 18.2 Å². The van der Waals surface area contributed by atoms with E-state index in [2.05, 4.69) is 5.32 Å². The SMILES string of the molecule is O=C(Nc1cc([N+](=O)[O-])ccc1F)c1occc1COc1ccccc1. The number of carbonyl (C=O) groups excluding carboxylic acids is 1. The minimum Gasteiger partial charge on any atom is -0.489 e. The summed E-state index contributed by atoms with van der Waals surface area (Å²) in [6, 6.07) is 13.4. The van der Waals surface area contributed by atoms with Crippen LogP contribution in [0, 0.1) is 15.9 Å². The van der Waals surface area contributed by atoms with Gasteiger partial charge in [0.15, 0.2) is 5.76 Å². The number of nitro groups is 1. The molecule has 8 heteroatoms. The molecule has 0 unspecified atom stereocenters. The fraction of sp³-hybridized carbons (Fsp3) is 0.0556. The number of halogens is 1. The van der Waals surface area contributed by atoms with Gasteiger partial charge in [0.1, 0.15) is 18.2 Å². The van der Waals surface area contributed by atoms with Crippen molar-refractivity contribution in [3.05, 3.63) is 88.1 Å². The number of ether oxygens (including phenoxy) is 1. The van der Waals surface area contributed by atoms with Gasteiger partial charge >= 0.3 is 0 Å². The molecule has 0 bridgehead atoms. The first-order valence-electron chi connectivity index (χ1n) is 7.54. The third kappa shape index (κ3) is 3.86. The number of furan rings is 1. The van der Waals surface area contributed by atoms with E-state index >= 15 is 0 Å². The van der Waals surface area contributed by atoms with Gasteiger partial charge in [-0.2, -0.15) is 0 Å². The monoisotopic (exact) mass is 356 g/mol. The largest absolute Gasteiger partial charge is 0.489 e. The van der Waals surface area contributed by atoms with Crippen molar-refractivity contribution in [2.75, 3.05) is 5.32 Å². The molecule has 0 aliphatic heterocycles. The Morgan fingerprint density at radius 2 is 1.96 bits per heavy atom. The van der Waals surface area contributed by atoms with Crippen molar-refractivity contribution in [1.29, 1.82) is 0 Å². The fourth-order valence-electron chi connectivity index (χ4n) is 2.23. The van der Waals surface area contributed by atoms with Gasteiger partial charge in [-0.25, -0.2) is 4.39 Å². The number of nitro benzene ring substituents is 1. The third-order valence-electron chi connectivity index (χ3n) is 3.50. The first-order chi connectivity index (χ1) is 12.5. The third-order valence-corrected chi connectivity index (χ3v) is 3.50. The van der Waals surface area contributed by atoms with Gasteiger partial charge in [0.05, 0.1) is 16.9 Å². The molecule has 3 rings (SSSR count). The summed E-state index contributed by atoms with van der Waals surface area (Å²) in [5.74, 6) is -0.977. The van der Waals surface area contributed by atoms with E-state index in [0.717, 1.165) is 18.2 Å². The highest BCUT2D eigenvalue weighted by Gasteiger charge is 2.19. The normalized spacial score (nSPS) is 10.3. The number of nitrogens with zero attached hydrogens (tertiary/aromatic N) is 1. The van der Waals surface area contributed by atoms with Gasteiger partial charge in [-0.3, -0.25) is 14.9 Å². The van der Waals surface area contributed by atoms with Crippen molar-refractivity contribution >= 4 is 17.3 Å². The van der Waals surface area contributed by atoms with Gasteiger partial charge in [-0.05, 0) is 24.3 Å². The van der Waals surface area contributed by atoms with Crippen molar-refractivity contribution in [3.8, 4) is 5.75 Å². The summed E-state index contributed by atoms with van der Waals surface area (Å²) in [6.07, 6.45) is 1.31. The van der Waals surface area contributed by atoms with Crippen molar-refractivity contribution < 1.29 is 23.3 Å². The lowest BCUT2D eigenvalue weighted by Crippen LogP contribution is -2.15. The summed E-state index contributed by atoms with van der Waals surface area (Å²) >= 11 is 0. The van der Waals surface area contributed by atoms with Crippen LogP contribution in [0.4, 0.5) is 15.8 Å². The summed E-state index contributed by atoms with van der Waals surface area (Å²) in [4.78, 5) is 22.5. The topological polar surface area (TPSA) is 94.6 Å². The highest BCUT2D eigenvalue weighted by atomic mass is 19.1. The van der Waals surface area contributed by atoms with Crippen LogP contribution in [-0.4, -0.2) is 10.8 Å². The summed E-state index contributed by atoms with van der Waals surface area (Å²) in [5, 5.41) is 13.1. The molecule has 0 saturated carbocycles. The predicted octanol–water partition coefficient (Wildman–Crippen LogP) is 4.16. The van der Waals surface area contributed by atoms with E-state index in [1.165, 1.54) is 6.26 Å². The number of para-hydroxylation sites is 1. The fourth-order valence-corrected chi connectivity index (χ4v) is 2.23. The zero-order valence-electron chi connectivity index (χ0n) is 13.3. The zero-order valence-corrected chi connectivity index (χ0v) is 13.3. The number of benzene rings is 2. The molecule has 0 fully saturated rings. The Labute approximate surface area is 147 Å². The van der Waals surface area contributed by atoms with Crippen molar-refractivity contribution in [1.82, 2.24) is 0 Å². The minimum atomic E-state index is -0.794. The van der Waals surface area contributed by atoms with E-state index in [4.69, 9.17) is 9.15 Å². The first-order valence-corrected chi connectivity index (χ1v) is 7.54. The average Bonchev–Trinajstić information content (AvgIpc) is 3.11. The Bertz CT molecular complexity index is 940. The molecule has 0 atom stereocenters. The standard InChI is InChI=1S/C18H13FN2O5/c19-15-7-6-13(21(23)24)10-16(15)20-18(22)17-12(8-9-25-17)11-26-14-4-2-1-3-5-14/h1-10H,11H2,(H,20,22). The van der Waals surface area contributed by atoms with E-state index in [9.17, 15) is 19.3 Å². The minimum absolute atomic E-state index is 0.0631. The second kappa shape index (κ2) is 7.47. The average molecular weight is 356 g/mol. The zero-order chi connectivity index (χ0) is 18.5. The van der Waals surface area contributed by atoms with Crippen LogP contribution >= 0.6 is 0 Å². The number of amides is 1. The maximum Gasteiger partial charge on any atom is 0.291 e. The number of non-ortho nitro benzene ring substituents is 1. The van der Waals surface area contributed by atoms with Crippen LogP contribution < -0.4 is 10.1 Å². The van der Waals surface area contributed by atoms with Crippen molar-refractivity contribution in [3.63, 3.8) is 0 Å². The molecule has 0 spiro atoms. The molecule has 0 aliphatic carbocycles. The molecule has 7 nitrogen and oxygen atoms in total. The molecular weight excluding hydrogens is 343 g/mol. The Morgan fingerprint density at radius 3 is 2.69 bits per heavy atom. The van der Waals surface area contributed by atoms with E-state index < -0.39 is 16.6 Å². The van der Waals surface area contributed by atoms with Crippen LogP contribution in [0.5, 0.6) is 5.75 Å². The quantitative estimate of drug-likeness (QED) is 0.529. The van der Waals surface area contributed by atoms with E-state index in [0.29, 0.717) is 11.3 Å². The van der Waals surface area contributed by atoms with Crippen LogP contribution in [0.15, 0.2) is 65.3 Å². The van der Waals surface area contributed by atoms with Crippen LogP contribution in [0.25, 0.3) is 0 Å². The Hall–Kier alpha value is -3.68. The first kappa shape index (κ1) is 17.2. The lowest BCUT2D eigenvalue weighted by molar-refractivity contribution is -0.384. The predicted molar refractivity (Wildman–Crippen MR) is 90.5 cm³/mol. The lowest BCUT2D eigenvalue weighted by atomic mass is 10.2. The van der Waals surface area contributed by atoms with E-state index in [1.807, 2.05) is 18.2 Å². The van der Waals surface area contributed by atoms with Crippen LogP contribution in [0.3, 0.4) is 0 Å². The van der Waals surface area contributed by atoms with Gasteiger partial charge in [-0.15, -0.1) is 0 Å². The highest BCUT2D eigenvalue weighted by molar-refractivity contribution is 6.03. The molecule has 132 valence electrons. The number of nitrogens with one attached hydrogen (secondary N) is 1. The maximum atomic E-state index is 13.8. The smallest absolute Gasteiger partial charge is 0.291 e. The summed E-state index contributed by atoms with van der Waals surface area (Å²) in [6.45, 7) is 0.0701. The molecule has 1 N–H and O–H groups in total. The Balaban J connectivity index is 1.74. The van der Waals surface area contributed by atoms with Gasteiger partial charge in [0, 0.05) is 17.7 Å². The van der Waals surface area contributed by atoms with Gasteiger partial charge < -0.3 is 14.5 Å². The molecule has 0 radical (unpaired) electrons.